The van der Waals surface area contributed by atoms with Crippen LogP contribution in [0.15, 0.2) is 51.7 Å². The molecule has 2 aromatic carbocycles. The van der Waals surface area contributed by atoms with Gasteiger partial charge >= 0.3 is 0 Å². The summed E-state index contributed by atoms with van der Waals surface area (Å²) in [5.41, 5.74) is 1.33. The van der Waals surface area contributed by atoms with Gasteiger partial charge in [-0.05, 0) is 35.9 Å². The summed E-state index contributed by atoms with van der Waals surface area (Å²) < 4.78 is 2.70. The molecule has 0 saturated carbocycles. The van der Waals surface area contributed by atoms with Crippen molar-refractivity contribution in [2.45, 2.75) is 0 Å². The van der Waals surface area contributed by atoms with E-state index < -0.39 is 0 Å². The van der Waals surface area contributed by atoms with Crippen LogP contribution in [-0.2, 0) is 0 Å². The monoisotopic (exact) mass is 451 g/mol. The number of hydrogen-bond donors (Lipinski definition) is 0. The van der Waals surface area contributed by atoms with Crippen molar-refractivity contribution in [2.75, 3.05) is 0 Å². The van der Waals surface area contributed by atoms with Crippen molar-refractivity contribution in [1.82, 2.24) is 14.6 Å². The van der Waals surface area contributed by atoms with E-state index in [0.29, 0.717) is 25.4 Å². The second-order valence-corrected chi connectivity index (χ2v) is 7.90. The Morgan fingerprint density at radius 1 is 1.16 bits per heavy atom. The van der Waals surface area contributed by atoms with Gasteiger partial charge in [0.1, 0.15) is 0 Å². The molecule has 0 amide bonds. The molecule has 0 saturated heterocycles. The first-order chi connectivity index (χ1) is 12.0. The Hall–Kier alpha value is -1.73. The van der Waals surface area contributed by atoms with E-state index in [1.54, 1.807) is 24.3 Å². The molecule has 8 heteroatoms. The van der Waals surface area contributed by atoms with E-state index in [1.165, 1.54) is 15.9 Å². The summed E-state index contributed by atoms with van der Waals surface area (Å²) in [6.45, 7) is 0. The molecule has 124 valence electrons. The molecule has 25 heavy (non-hydrogen) atoms. The lowest BCUT2D eigenvalue weighted by molar-refractivity contribution is 0.936. The highest BCUT2D eigenvalue weighted by Gasteiger charge is 2.13. The number of aromatic nitrogens is 3. The molecule has 0 aliphatic rings. The maximum absolute atomic E-state index is 12.6. The molecule has 0 atom stereocenters. The van der Waals surface area contributed by atoms with E-state index in [1.807, 2.05) is 24.3 Å². The number of rotatable bonds is 2. The van der Waals surface area contributed by atoms with Gasteiger partial charge in [-0.1, -0.05) is 68.7 Å². The summed E-state index contributed by atoms with van der Waals surface area (Å²) in [6.07, 6.45) is 1.72. The van der Waals surface area contributed by atoms with Gasteiger partial charge in [0.2, 0.25) is 4.96 Å². The van der Waals surface area contributed by atoms with Gasteiger partial charge in [0.15, 0.2) is 5.82 Å². The first-order valence-corrected chi connectivity index (χ1v) is 9.51. The Kier molecular flexibility index (Phi) is 4.37. The molecule has 4 nitrogen and oxygen atoms in total. The summed E-state index contributed by atoms with van der Waals surface area (Å²) in [5, 5.41) is 5.37. The molecule has 0 aliphatic heterocycles. The molecule has 4 aromatic rings. The number of nitrogens with zero attached hydrogens (tertiary/aromatic N) is 3. The van der Waals surface area contributed by atoms with Crippen molar-refractivity contribution in [3.05, 3.63) is 77.4 Å². The van der Waals surface area contributed by atoms with E-state index in [9.17, 15) is 4.79 Å². The van der Waals surface area contributed by atoms with Crippen molar-refractivity contribution in [2.24, 2.45) is 0 Å². The van der Waals surface area contributed by atoms with Crippen LogP contribution in [0.5, 0.6) is 0 Å². The zero-order chi connectivity index (χ0) is 17.6. The zero-order valence-electron chi connectivity index (χ0n) is 12.4. The lowest BCUT2D eigenvalue weighted by Crippen LogP contribution is -2.23. The van der Waals surface area contributed by atoms with Crippen LogP contribution in [0.4, 0.5) is 0 Å². The topological polar surface area (TPSA) is 47.3 Å². The predicted octanol–water partition coefficient (Wildman–Crippen LogP) is 4.44. The van der Waals surface area contributed by atoms with Crippen molar-refractivity contribution < 1.29 is 0 Å². The highest BCUT2D eigenvalue weighted by atomic mass is 79.9. The summed E-state index contributed by atoms with van der Waals surface area (Å²) in [6, 6.07) is 12.8. The number of fused-ring (bicyclic) bond motifs is 1. The summed E-state index contributed by atoms with van der Waals surface area (Å²) in [7, 11) is 0. The smallest absolute Gasteiger partial charge is 0.266 e. The van der Waals surface area contributed by atoms with Gasteiger partial charge < -0.3 is 0 Å². The quantitative estimate of drug-likeness (QED) is 0.451. The molecule has 0 fully saturated rings. The summed E-state index contributed by atoms with van der Waals surface area (Å²) in [5.74, 6) is 0.506. The normalized spacial score (nSPS) is 12.2. The fourth-order valence-corrected chi connectivity index (χ4v) is 4.17. The SMILES string of the molecule is O=c1c(=Cc2ccc(Cl)cc2Cl)sc2nc(-c3ccccc3Br)nn12. The third-order valence-electron chi connectivity index (χ3n) is 3.55. The highest BCUT2D eigenvalue weighted by Crippen LogP contribution is 2.26. The maximum Gasteiger partial charge on any atom is 0.291 e. The van der Waals surface area contributed by atoms with Crippen LogP contribution < -0.4 is 10.1 Å². The van der Waals surface area contributed by atoms with Crippen LogP contribution >= 0.6 is 50.5 Å². The van der Waals surface area contributed by atoms with E-state index in [2.05, 4.69) is 26.0 Å². The summed E-state index contributed by atoms with van der Waals surface area (Å²) in [4.78, 5) is 17.6. The fourth-order valence-electron chi connectivity index (χ4n) is 2.35. The minimum absolute atomic E-state index is 0.225. The van der Waals surface area contributed by atoms with Crippen molar-refractivity contribution in [3.63, 3.8) is 0 Å². The van der Waals surface area contributed by atoms with Crippen LogP contribution in [0.3, 0.4) is 0 Å². The summed E-state index contributed by atoms with van der Waals surface area (Å²) >= 11 is 16.8. The minimum Gasteiger partial charge on any atom is -0.266 e. The van der Waals surface area contributed by atoms with E-state index in [4.69, 9.17) is 23.2 Å². The second kappa shape index (κ2) is 6.53. The van der Waals surface area contributed by atoms with Crippen LogP contribution in [0.25, 0.3) is 22.4 Å². The van der Waals surface area contributed by atoms with Gasteiger partial charge in [-0.3, -0.25) is 4.79 Å². The lowest BCUT2D eigenvalue weighted by atomic mass is 10.2. The molecule has 0 aliphatic carbocycles. The van der Waals surface area contributed by atoms with Crippen LogP contribution in [0, 0.1) is 0 Å². The third kappa shape index (κ3) is 3.11. The van der Waals surface area contributed by atoms with Crippen LogP contribution in [0.1, 0.15) is 5.56 Å². The Bertz CT molecular complexity index is 1220. The molecular weight excluding hydrogens is 445 g/mol. The largest absolute Gasteiger partial charge is 0.291 e. The number of thiazole rings is 1. The van der Waals surface area contributed by atoms with Gasteiger partial charge in [0, 0.05) is 20.1 Å². The molecule has 4 rings (SSSR count). The molecule has 0 radical (unpaired) electrons. The van der Waals surface area contributed by atoms with Gasteiger partial charge in [-0.25, -0.2) is 0 Å². The Labute approximate surface area is 164 Å². The van der Waals surface area contributed by atoms with E-state index in [-0.39, 0.29) is 5.56 Å². The molecule has 2 aromatic heterocycles. The Balaban J connectivity index is 1.85. The molecule has 2 heterocycles. The number of benzene rings is 2. The van der Waals surface area contributed by atoms with Crippen molar-refractivity contribution >= 4 is 61.5 Å². The second-order valence-electron chi connectivity index (χ2n) is 5.19. The van der Waals surface area contributed by atoms with Gasteiger partial charge in [-0.2, -0.15) is 9.50 Å². The van der Waals surface area contributed by atoms with Crippen molar-refractivity contribution in [1.29, 1.82) is 0 Å². The van der Waals surface area contributed by atoms with Crippen molar-refractivity contribution in [3.8, 4) is 11.4 Å². The third-order valence-corrected chi connectivity index (χ3v) is 5.76. The van der Waals surface area contributed by atoms with Gasteiger partial charge in [-0.15, -0.1) is 5.10 Å². The van der Waals surface area contributed by atoms with Crippen LogP contribution in [0.2, 0.25) is 10.0 Å². The minimum atomic E-state index is -0.225. The molecule has 0 unspecified atom stereocenters. The zero-order valence-corrected chi connectivity index (χ0v) is 16.3. The maximum atomic E-state index is 12.6. The fraction of sp³-hybridized carbons (Fsp3) is 0. The lowest BCUT2D eigenvalue weighted by Gasteiger charge is -1.97. The average Bonchev–Trinajstić information content (AvgIpc) is 3.11. The Morgan fingerprint density at radius 2 is 1.96 bits per heavy atom. The Morgan fingerprint density at radius 3 is 2.68 bits per heavy atom. The number of halogens is 3. The van der Waals surface area contributed by atoms with E-state index >= 15 is 0 Å². The molecule has 0 spiro atoms. The molecule has 0 N–H and O–H groups in total. The number of hydrogen-bond acceptors (Lipinski definition) is 4. The van der Waals surface area contributed by atoms with Crippen LogP contribution in [-0.4, -0.2) is 14.6 Å². The molecular formula is C17H8BrCl2N3OS. The molecule has 0 bridgehead atoms. The predicted molar refractivity (Wildman–Crippen MR) is 106 cm³/mol. The van der Waals surface area contributed by atoms with E-state index in [0.717, 1.165) is 15.6 Å². The standard InChI is InChI=1S/C17H8BrCl2N3OS/c18-12-4-2-1-3-11(12)15-21-17-23(22-15)16(24)14(25-17)7-9-5-6-10(19)8-13(9)20/h1-8H. The van der Waals surface area contributed by atoms with Gasteiger partial charge in [0.05, 0.1) is 4.53 Å². The van der Waals surface area contributed by atoms with Gasteiger partial charge in [0.25, 0.3) is 5.56 Å². The average molecular weight is 453 g/mol. The first-order valence-electron chi connectivity index (χ1n) is 7.14. The first kappa shape index (κ1) is 16.7. The highest BCUT2D eigenvalue weighted by molar-refractivity contribution is 9.10.